The minimum Gasteiger partial charge on any atom is -0.409 e. The van der Waals surface area contributed by atoms with E-state index >= 15 is 0 Å². The van der Waals surface area contributed by atoms with Gasteiger partial charge in [0.15, 0.2) is 0 Å². The molecule has 0 radical (unpaired) electrons. The zero-order valence-corrected chi connectivity index (χ0v) is 12.2. The van der Waals surface area contributed by atoms with Gasteiger partial charge in [0.05, 0.1) is 5.92 Å². The minimum absolute atomic E-state index is 0.120. The maximum Gasteiger partial charge on any atom is 0.147 e. The molecular weight excluding hydrogens is 262 g/mol. The maximum atomic E-state index is 9.01. The lowest BCUT2D eigenvalue weighted by atomic mass is 9.97. The molecule has 0 amide bonds. The van der Waals surface area contributed by atoms with Crippen LogP contribution in [0.1, 0.15) is 17.0 Å². The molecule has 0 aliphatic heterocycles. The van der Waals surface area contributed by atoms with Crippen molar-refractivity contribution in [3.63, 3.8) is 0 Å². The highest BCUT2D eigenvalue weighted by molar-refractivity contribution is 5.87. The van der Waals surface area contributed by atoms with E-state index in [1.54, 1.807) is 0 Å². The summed E-state index contributed by atoms with van der Waals surface area (Å²) in [6, 6.07) is 20.1. The number of hydrogen-bond donors (Lipinski definition) is 2. The lowest BCUT2D eigenvalue weighted by molar-refractivity contribution is 0.302. The second kappa shape index (κ2) is 7.45. The third-order valence-corrected chi connectivity index (χ3v) is 3.46. The maximum absolute atomic E-state index is 9.01. The van der Waals surface area contributed by atoms with E-state index < -0.39 is 0 Å². The number of hydrogen-bond acceptors (Lipinski definition) is 3. The van der Waals surface area contributed by atoms with Gasteiger partial charge in [0.25, 0.3) is 0 Å². The van der Waals surface area contributed by atoms with Gasteiger partial charge in [-0.25, -0.2) is 0 Å². The number of oxime groups is 1. The molecule has 4 nitrogen and oxygen atoms in total. The van der Waals surface area contributed by atoms with E-state index in [0.29, 0.717) is 6.54 Å². The molecule has 2 rings (SSSR count). The van der Waals surface area contributed by atoms with E-state index in [1.165, 1.54) is 5.56 Å². The largest absolute Gasteiger partial charge is 0.409 e. The van der Waals surface area contributed by atoms with Crippen LogP contribution >= 0.6 is 0 Å². The van der Waals surface area contributed by atoms with Crippen molar-refractivity contribution in [3.05, 3.63) is 71.8 Å². The van der Waals surface area contributed by atoms with Crippen LogP contribution in [-0.2, 0) is 6.54 Å². The predicted molar refractivity (Wildman–Crippen MR) is 85.4 cm³/mol. The highest BCUT2D eigenvalue weighted by Crippen LogP contribution is 2.18. The molecule has 0 aliphatic rings. The van der Waals surface area contributed by atoms with Gasteiger partial charge >= 0.3 is 0 Å². The van der Waals surface area contributed by atoms with Crippen molar-refractivity contribution >= 4 is 5.84 Å². The molecule has 2 aromatic rings. The zero-order chi connectivity index (χ0) is 15.1. The molecule has 0 spiro atoms. The van der Waals surface area contributed by atoms with Gasteiger partial charge in [0.2, 0.25) is 0 Å². The summed E-state index contributed by atoms with van der Waals surface area (Å²) in [5.41, 5.74) is 8.16. The van der Waals surface area contributed by atoms with E-state index in [1.807, 2.05) is 55.6 Å². The van der Waals surface area contributed by atoms with Crippen molar-refractivity contribution in [3.8, 4) is 0 Å². The fourth-order valence-corrected chi connectivity index (χ4v) is 2.40. The smallest absolute Gasteiger partial charge is 0.147 e. The molecule has 0 aliphatic carbocycles. The van der Waals surface area contributed by atoms with Gasteiger partial charge in [-0.1, -0.05) is 65.8 Å². The van der Waals surface area contributed by atoms with Gasteiger partial charge in [-0.3, -0.25) is 0 Å². The van der Waals surface area contributed by atoms with E-state index in [9.17, 15) is 0 Å². The first-order valence-electron chi connectivity index (χ1n) is 6.95. The van der Waals surface area contributed by atoms with Crippen molar-refractivity contribution in [2.45, 2.75) is 12.5 Å². The lowest BCUT2D eigenvalue weighted by Gasteiger charge is -2.23. The van der Waals surface area contributed by atoms with Crippen LogP contribution in [0.15, 0.2) is 65.8 Å². The van der Waals surface area contributed by atoms with Gasteiger partial charge in [-0.15, -0.1) is 0 Å². The Morgan fingerprint density at radius 1 is 1.10 bits per heavy atom. The van der Waals surface area contributed by atoms with Crippen molar-refractivity contribution in [2.75, 3.05) is 13.6 Å². The summed E-state index contributed by atoms with van der Waals surface area (Å²) in [4.78, 5) is 2.17. The summed E-state index contributed by atoms with van der Waals surface area (Å²) in [5, 5.41) is 12.2. The Hall–Kier alpha value is -2.33. The van der Waals surface area contributed by atoms with Crippen LogP contribution in [0, 0.1) is 0 Å². The molecule has 0 fully saturated rings. The number of rotatable bonds is 6. The van der Waals surface area contributed by atoms with E-state index in [2.05, 4.69) is 22.2 Å². The molecule has 110 valence electrons. The first-order chi connectivity index (χ1) is 10.2. The van der Waals surface area contributed by atoms with Crippen molar-refractivity contribution in [2.24, 2.45) is 10.9 Å². The Morgan fingerprint density at radius 3 is 2.24 bits per heavy atom. The SMILES string of the molecule is CN(Cc1ccccc1)CC(C(N)=NO)c1ccccc1. The Morgan fingerprint density at radius 2 is 1.67 bits per heavy atom. The molecule has 0 aromatic heterocycles. The molecule has 0 bridgehead atoms. The second-order valence-electron chi connectivity index (χ2n) is 5.17. The molecule has 1 unspecified atom stereocenters. The number of likely N-dealkylation sites (N-methyl/N-ethyl adjacent to an activating group) is 1. The topological polar surface area (TPSA) is 61.8 Å². The Balaban J connectivity index is 2.09. The molecule has 0 saturated carbocycles. The van der Waals surface area contributed by atoms with E-state index in [4.69, 9.17) is 10.9 Å². The van der Waals surface area contributed by atoms with Crippen LogP contribution in [0.4, 0.5) is 0 Å². The van der Waals surface area contributed by atoms with Crippen LogP contribution < -0.4 is 5.73 Å². The third kappa shape index (κ3) is 4.33. The second-order valence-corrected chi connectivity index (χ2v) is 5.17. The number of nitrogens with two attached hydrogens (primary N) is 1. The van der Waals surface area contributed by atoms with Gasteiger partial charge in [0.1, 0.15) is 5.84 Å². The first-order valence-corrected chi connectivity index (χ1v) is 6.95. The molecule has 2 aromatic carbocycles. The molecule has 3 N–H and O–H groups in total. The minimum atomic E-state index is -0.120. The van der Waals surface area contributed by atoms with Crippen LogP contribution in [0.5, 0.6) is 0 Å². The number of nitrogens with zero attached hydrogens (tertiary/aromatic N) is 2. The Labute approximate surface area is 125 Å². The fourth-order valence-electron chi connectivity index (χ4n) is 2.40. The monoisotopic (exact) mass is 283 g/mol. The number of benzene rings is 2. The van der Waals surface area contributed by atoms with Crippen LogP contribution in [-0.4, -0.2) is 29.5 Å². The molecule has 0 heterocycles. The lowest BCUT2D eigenvalue weighted by Crippen LogP contribution is -2.32. The summed E-state index contributed by atoms with van der Waals surface area (Å²) in [6.45, 7) is 1.51. The Kier molecular flexibility index (Phi) is 5.35. The van der Waals surface area contributed by atoms with E-state index in [0.717, 1.165) is 12.1 Å². The summed E-state index contributed by atoms with van der Waals surface area (Å²) in [7, 11) is 2.04. The Bertz CT molecular complexity index is 569. The van der Waals surface area contributed by atoms with Crippen LogP contribution in [0.25, 0.3) is 0 Å². The summed E-state index contributed by atoms with van der Waals surface area (Å²) < 4.78 is 0. The van der Waals surface area contributed by atoms with Crippen molar-refractivity contribution < 1.29 is 5.21 Å². The molecule has 1 atom stereocenters. The van der Waals surface area contributed by atoms with E-state index in [-0.39, 0.29) is 11.8 Å². The normalized spacial score (nSPS) is 13.3. The average molecular weight is 283 g/mol. The first kappa shape index (κ1) is 15.1. The molecule has 21 heavy (non-hydrogen) atoms. The zero-order valence-electron chi connectivity index (χ0n) is 12.2. The molecule has 4 heteroatoms. The van der Waals surface area contributed by atoms with Gasteiger partial charge in [-0.2, -0.15) is 0 Å². The quantitative estimate of drug-likeness (QED) is 0.371. The molecular formula is C17H21N3O. The van der Waals surface area contributed by atoms with Gasteiger partial charge in [-0.05, 0) is 18.2 Å². The van der Waals surface area contributed by atoms with Crippen LogP contribution in [0.2, 0.25) is 0 Å². The third-order valence-electron chi connectivity index (χ3n) is 3.46. The van der Waals surface area contributed by atoms with Crippen molar-refractivity contribution in [1.29, 1.82) is 0 Å². The highest BCUT2D eigenvalue weighted by Gasteiger charge is 2.18. The van der Waals surface area contributed by atoms with Crippen LogP contribution in [0.3, 0.4) is 0 Å². The number of amidine groups is 1. The fraction of sp³-hybridized carbons (Fsp3) is 0.235. The highest BCUT2D eigenvalue weighted by atomic mass is 16.4. The van der Waals surface area contributed by atoms with Gasteiger partial charge in [0, 0.05) is 13.1 Å². The van der Waals surface area contributed by atoms with Gasteiger partial charge < -0.3 is 15.8 Å². The predicted octanol–water partition coefficient (Wildman–Crippen LogP) is 2.65. The standard InChI is InChI=1S/C17H21N3O/c1-20(12-14-8-4-2-5-9-14)13-16(17(18)19-21)15-10-6-3-7-11-15/h2-11,16,21H,12-13H2,1H3,(H2,18,19). The molecule has 0 saturated heterocycles. The van der Waals surface area contributed by atoms with Crippen molar-refractivity contribution in [1.82, 2.24) is 4.90 Å². The summed E-state index contributed by atoms with van der Waals surface area (Å²) in [5.74, 6) is 0.117. The summed E-state index contributed by atoms with van der Waals surface area (Å²) in [6.07, 6.45) is 0. The summed E-state index contributed by atoms with van der Waals surface area (Å²) >= 11 is 0. The average Bonchev–Trinajstić information content (AvgIpc) is 2.53.